The number of carbonyl (C=O) groups excluding carboxylic acids is 2. The van der Waals surface area contributed by atoms with E-state index < -0.39 is 11.0 Å². The normalized spacial score (nSPS) is 23.7. The number of halogens is 2. The highest BCUT2D eigenvalue weighted by Crippen LogP contribution is 2.52. The van der Waals surface area contributed by atoms with Crippen LogP contribution in [0.3, 0.4) is 0 Å². The SMILES string of the molecule is O=C(CNC1(C2(Cc3cccc(Cl)c3)C(=O)Nc3cc(Cl)ccc32)CCCCCC1)NC1CCC1. The van der Waals surface area contributed by atoms with E-state index in [1.54, 1.807) is 0 Å². The highest BCUT2D eigenvalue weighted by Gasteiger charge is 2.60. The van der Waals surface area contributed by atoms with Gasteiger partial charge in [-0.3, -0.25) is 9.59 Å². The summed E-state index contributed by atoms with van der Waals surface area (Å²) in [7, 11) is 0. The Morgan fingerprint density at radius 3 is 2.40 bits per heavy atom. The predicted octanol–water partition coefficient (Wildman–Crippen LogP) is 5.78. The van der Waals surface area contributed by atoms with Gasteiger partial charge < -0.3 is 16.0 Å². The molecule has 35 heavy (non-hydrogen) atoms. The number of amides is 2. The molecule has 0 radical (unpaired) electrons. The molecule has 5 rings (SSSR count). The van der Waals surface area contributed by atoms with Crippen molar-refractivity contribution in [3.63, 3.8) is 0 Å². The Morgan fingerprint density at radius 2 is 1.71 bits per heavy atom. The van der Waals surface area contributed by atoms with E-state index in [1.165, 1.54) is 6.42 Å². The third kappa shape index (κ3) is 4.71. The molecule has 0 bridgehead atoms. The Labute approximate surface area is 217 Å². The minimum absolute atomic E-state index is 0.00552. The zero-order valence-corrected chi connectivity index (χ0v) is 21.5. The van der Waals surface area contributed by atoms with Crippen molar-refractivity contribution in [3.8, 4) is 0 Å². The summed E-state index contributed by atoms with van der Waals surface area (Å²) in [6.45, 7) is 0.198. The largest absolute Gasteiger partial charge is 0.352 e. The summed E-state index contributed by atoms with van der Waals surface area (Å²) in [6, 6.07) is 13.7. The van der Waals surface area contributed by atoms with E-state index in [-0.39, 0.29) is 24.4 Å². The van der Waals surface area contributed by atoms with Crippen LogP contribution in [0.25, 0.3) is 0 Å². The van der Waals surface area contributed by atoms with Crippen molar-refractivity contribution in [1.29, 1.82) is 0 Å². The number of carbonyl (C=O) groups is 2. The fraction of sp³-hybridized carbons (Fsp3) is 0.500. The van der Waals surface area contributed by atoms with Crippen molar-refractivity contribution in [2.75, 3.05) is 11.9 Å². The molecule has 1 heterocycles. The summed E-state index contributed by atoms with van der Waals surface area (Å²) in [5.41, 5.74) is 1.24. The Balaban J connectivity index is 1.59. The second kappa shape index (κ2) is 10.1. The second-order valence-electron chi connectivity index (χ2n) is 10.4. The molecule has 0 spiro atoms. The first-order valence-corrected chi connectivity index (χ1v) is 13.6. The molecule has 3 aliphatic rings. The van der Waals surface area contributed by atoms with Gasteiger partial charge in [0.2, 0.25) is 11.8 Å². The van der Waals surface area contributed by atoms with Gasteiger partial charge in [0.15, 0.2) is 0 Å². The van der Waals surface area contributed by atoms with E-state index >= 15 is 0 Å². The van der Waals surface area contributed by atoms with Gasteiger partial charge in [0.05, 0.1) is 12.0 Å². The molecule has 5 nitrogen and oxygen atoms in total. The number of nitrogens with one attached hydrogen (secondary N) is 3. The monoisotopic (exact) mass is 513 g/mol. The van der Waals surface area contributed by atoms with E-state index in [0.29, 0.717) is 16.5 Å². The van der Waals surface area contributed by atoms with Gasteiger partial charge in [-0.05, 0) is 73.9 Å². The van der Waals surface area contributed by atoms with E-state index in [1.807, 2.05) is 42.5 Å². The standard InChI is InChI=1S/C28H33Cl2N3O2/c29-20-8-5-7-19(15-20)17-28(23-12-11-21(30)16-24(23)33-26(28)35)27(13-3-1-2-4-14-27)31-18-25(34)32-22-9-6-10-22/h5,7-8,11-12,15-16,22,31H,1-4,6,9-10,13-14,17-18H2,(H,32,34)(H,33,35). The van der Waals surface area contributed by atoms with Gasteiger partial charge in [-0.1, -0.05) is 67.1 Å². The Morgan fingerprint density at radius 1 is 0.971 bits per heavy atom. The molecule has 7 heteroatoms. The van der Waals surface area contributed by atoms with Crippen LogP contribution in [0.1, 0.15) is 68.9 Å². The minimum Gasteiger partial charge on any atom is -0.352 e. The smallest absolute Gasteiger partial charge is 0.237 e. The summed E-state index contributed by atoms with van der Waals surface area (Å²) in [5.74, 6) is -0.0329. The lowest BCUT2D eigenvalue weighted by atomic mass is 9.59. The molecule has 1 unspecified atom stereocenters. The third-order valence-corrected chi connectivity index (χ3v) is 8.74. The number of fused-ring (bicyclic) bond motifs is 1. The number of hydrogen-bond donors (Lipinski definition) is 3. The summed E-state index contributed by atoms with van der Waals surface area (Å²) in [6.07, 6.45) is 9.66. The summed E-state index contributed by atoms with van der Waals surface area (Å²) in [4.78, 5) is 27.0. The van der Waals surface area contributed by atoms with Crippen LogP contribution >= 0.6 is 23.2 Å². The molecule has 0 aromatic heterocycles. The van der Waals surface area contributed by atoms with Crippen LogP contribution in [-0.4, -0.2) is 29.9 Å². The lowest BCUT2D eigenvalue weighted by Crippen LogP contribution is -2.66. The summed E-state index contributed by atoms with van der Waals surface area (Å²) < 4.78 is 0. The van der Waals surface area contributed by atoms with E-state index in [2.05, 4.69) is 16.0 Å². The molecule has 2 saturated carbocycles. The van der Waals surface area contributed by atoms with Crippen LogP contribution in [0.5, 0.6) is 0 Å². The first-order chi connectivity index (χ1) is 16.9. The lowest BCUT2D eigenvalue weighted by molar-refractivity contribution is -0.127. The van der Waals surface area contributed by atoms with Crippen LogP contribution < -0.4 is 16.0 Å². The van der Waals surface area contributed by atoms with E-state index in [0.717, 1.165) is 68.2 Å². The zero-order valence-electron chi connectivity index (χ0n) is 20.0. The van der Waals surface area contributed by atoms with Crippen LogP contribution in [0, 0.1) is 0 Å². The molecular formula is C28H33Cl2N3O2. The van der Waals surface area contributed by atoms with Gasteiger partial charge in [-0.2, -0.15) is 0 Å². The van der Waals surface area contributed by atoms with E-state index in [9.17, 15) is 9.59 Å². The maximum Gasteiger partial charge on any atom is 0.237 e. The zero-order chi connectivity index (χ0) is 24.5. The highest BCUT2D eigenvalue weighted by molar-refractivity contribution is 6.31. The van der Waals surface area contributed by atoms with Crippen molar-refractivity contribution in [2.24, 2.45) is 0 Å². The average Bonchev–Trinajstić information content (AvgIpc) is 2.94. The molecule has 2 amide bonds. The number of anilines is 1. The topological polar surface area (TPSA) is 70.2 Å². The van der Waals surface area contributed by atoms with Crippen LogP contribution in [0.4, 0.5) is 5.69 Å². The Kier molecular flexibility index (Phi) is 7.11. The van der Waals surface area contributed by atoms with E-state index in [4.69, 9.17) is 23.2 Å². The molecular weight excluding hydrogens is 481 g/mol. The third-order valence-electron chi connectivity index (χ3n) is 8.27. The van der Waals surface area contributed by atoms with Crippen molar-refractivity contribution >= 4 is 40.7 Å². The van der Waals surface area contributed by atoms with Gasteiger partial charge in [0.1, 0.15) is 0 Å². The van der Waals surface area contributed by atoms with Gasteiger partial charge in [-0.25, -0.2) is 0 Å². The minimum atomic E-state index is -0.890. The summed E-state index contributed by atoms with van der Waals surface area (Å²) in [5, 5.41) is 11.2. The lowest BCUT2D eigenvalue weighted by Gasteiger charge is -2.48. The maximum atomic E-state index is 14.1. The van der Waals surface area contributed by atoms with Crippen molar-refractivity contribution in [3.05, 3.63) is 63.6 Å². The molecule has 1 atom stereocenters. The molecule has 1 aliphatic heterocycles. The molecule has 2 fully saturated rings. The second-order valence-corrected chi connectivity index (χ2v) is 11.3. The van der Waals surface area contributed by atoms with Crippen LogP contribution in [0.2, 0.25) is 10.0 Å². The first kappa shape index (κ1) is 24.6. The molecule has 0 saturated heterocycles. The maximum absolute atomic E-state index is 14.1. The number of benzene rings is 2. The molecule has 3 N–H and O–H groups in total. The number of hydrogen-bond acceptors (Lipinski definition) is 3. The summed E-state index contributed by atoms with van der Waals surface area (Å²) >= 11 is 12.7. The van der Waals surface area contributed by atoms with Crippen molar-refractivity contribution in [1.82, 2.24) is 10.6 Å². The van der Waals surface area contributed by atoms with Crippen molar-refractivity contribution in [2.45, 2.75) is 81.2 Å². The van der Waals surface area contributed by atoms with Gasteiger partial charge >= 0.3 is 0 Å². The highest BCUT2D eigenvalue weighted by atomic mass is 35.5. The predicted molar refractivity (Wildman–Crippen MR) is 141 cm³/mol. The van der Waals surface area contributed by atoms with Gasteiger partial charge in [-0.15, -0.1) is 0 Å². The van der Waals surface area contributed by atoms with Crippen LogP contribution in [-0.2, 0) is 21.4 Å². The fourth-order valence-corrected chi connectivity index (χ4v) is 6.67. The molecule has 2 aliphatic carbocycles. The van der Waals surface area contributed by atoms with Crippen LogP contribution in [0.15, 0.2) is 42.5 Å². The number of rotatable bonds is 7. The Bertz CT molecular complexity index is 1110. The fourth-order valence-electron chi connectivity index (χ4n) is 6.28. The van der Waals surface area contributed by atoms with Gasteiger partial charge in [0.25, 0.3) is 0 Å². The quantitative estimate of drug-likeness (QED) is 0.411. The molecule has 2 aromatic carbocycles. The van der Waals surface area contributed by atoms with Crippen molar-refractivity contribution < 1.29 is 9.59 Å². The molecule has 186 valence electrons. The Hall–Kier alpha value is -2.08. The first-order valence-electron chi connectivity index (χ1n) is 12.8. The molecule has 2 aromatic rings. The van der Waals surface area contributed by atoms with Gasteiger partial charge in [0, 0.05) is 27.3 Å². The average molecular weight is 514 g/mol.